The highest BCUT2D eigenvalue weighted by atomic mass is 31.2. The molecule has 8 nitrogen and oxygen atoms in total. The number of nitrogens with zero attached hydrogens (tertiary/aromatic N) is 1. The summed E-state index contributed by atoms with van der Waals surface area (Å²) in [5, 5.41) is 9.34. The molecule has 1 aliphatic heterocycles. The summed E-state index contributed by atoms with van der Waals surface area (Å²) < 4.78 is 18.0. The first-order chi connectivity index (χ1) is 14.3. The minimum absolute atomic E-state index is 0.0388. The minimum atomic E-state index is -3.98. The maximum atomic E-state index is 12.9. The van der Waals surface area contributed by atoms with Gasteiger partial charge in [0.2, 0.25) is 0 Å². The van der Waals surface area contributed by atoms with Gasteiger partial charge in [-0.25, -0.2) is 4.79 Å². The van der Waals surface area contributed by atoms with Crippen LogP contribution in [-0.2, 0) is 25.1 Å². The van der Waals surface area contributed by atoms with Crippen LogP contribution in [0.1, 0.15) is 50.5 Å². The Labute approximate surface area is 177 Å². The third-order valence-corrected chi connectivity index (χ3v) is 6.77. The summed E-state index contributed by atoms with van der Waals surface area (Å²) in [5.74, 6) is -1.58. The molecule has 9 heteroatoms. The second kappa shape index (κ2) is 12.2. The normalized spacial score (nSPS) is 19.4. The van der Waals surface area contributed by atoms with Gasteiger partial charge in [-0.15, -0.1) is 0 Å². The van der Waals surface area contributed by atoms with Crippen LogP contribution in [0.2, 0.25) is 0 Å². The van der Waals surface area contributed by atoms with Crippen molar-refractivity contribution in [1.29, 1.82) is 0 Å². The summed E-state index contributed by atoms with van der Waals surface area (Å²) in [6.45, 7) is 0.762. The number of aryl methyl sites for hydroxylation is 1. The topological polar surface area (TPSA) is 130 Å². The summed E-state index contributed by atoms with van der Waals surface area (Å²) >= 11 is 0. The monoisotopic (exact) mass is 440 g/mol. The van der Waals surface area contributed by atoms with E-state index in [1.54, 1.807) is 0 Å². The fraction of sp³-hybridized carbons (Fsp3) is 0.619. The zero-order valence-electron chi connectivity index (χ0n) is 17.3. The predicted octanol–water partition coefficient (Wildman–Crippen LogP) is 2.78. The van der Waals surface area contributed by atoms with E-state index in [2.05, 4.69) is 0 Å². The van der Waals surface area contributed by atoms with Gasteiger partial charge in [0.25, 0.3) is 5.91 Å². The van der Waals surface area contributed by atoms with Crippen molar-refractivity contribution in [2.45, 2.75) is 63.5 Å². The first kappa shape index (κ1) is 24.5. The minimum Gasteiger partial charge on any atom is -0.480 e. The molecule has 3 atom stereocenters. The second-order valence-electron chi connectivity index (χ2n) is 7.71. The number of likely N-dealkylation sites (tertiary alicyclic amines) is 1. The van der Waals surface area contributed by atoms with Gasteiger partial charge >= 0.3 is 13.6 Å². The van der Waals surface area contributed by atoms with Gasteiger partial charge in [0.05, 0.1) is 6.16 Å². The lowest BCUT2D eigenvalue weighted by Gasteiger charge is -2.28. The van der Waals surface area contributed by atoms with Gasteiger partial charge in [0.15, 0.2) is 0 Å². The van der Waals surface area contributed by atoms with Crippen LogP contribution in [0.4, 0.5) is 0 Å². The van der Waals surface area contributed by atoms with Gasteiger partial charge in [0.1, 0.15) is 12.1 Å². The van der Waals surface area contributed by atoms with Crippen LogP contribution in [0, 0.1) is 0 Å². The Bertz CT molecular complexity index is 729. The van der Waals surface area contributed by atoms with Crippen LogP contribution in [0.3, 0.4) is 0 Å². The number of amides is 1. The van der Waals surface area contributed by atoms with Gasteiger partial charge in [-0.05, 0) is 63.5 Å². The molecule has 1 aromatic carbocycles. The number of carbonyl (C=O) groups is 2. The number of rotatable bonds is 13. The lowest BCUT2D eigenvalue weighted by Crippen LogP contribution is -2.46. The molecule has 1 unspecified atom stereocenters. The van der Waals surface area contributed by atoms with Crippen molar-refractivity contribution in [3.8, 4) is 0 Å². The van der Waals surface area contributed by atoms with E-state index in [0.717, 1.165) is 18.4 Å². The smallest absolute Gasteiger partial charge is 0.328 e. The van der Waals surface area contributed by atoms with Crippen molar-refractivity contribution in [1.82, 2.24) is 4.90 Å². The molecule has 1 saturated heterocycles. The average molecular weight is 440 g/mol. The van der Waals surface area contributed by atoms with Crippen LogP contribution >= 0.6 is 7.60 Å². The molecule has 0 bridgehead atoms. The maximum absolute atomic E-state index is 12.9. The van der Waals surface area contributed by atoms with Crippen LogP contribution < -0.4 is 5.73 Å². The fourth-order valence-electron chi connectivity index (χ4n) is 3.70. The number of aliphatic carboxylic acids is 1. The van der Waals surface area contributed by atoms with Crippen LogP contribution in [0.15, 0.2) is 30.3 Å². The highest BCUT2D eigenvalue weighted by Gasteiger charge is 2.39. The summed E-state index contributed by atoms with van der Waals surface area (Å²) in [7, 11) is -3.98. The van der Waals surface area contributed by atoms with Crippen molar-refractivity contribution in [3.63, 3.8) is 0 Å². The zero-order valence-corrected chi connectivity index (χ0v) is 18.2. The fourth-order valence-corrected chi connectivity index (χ4v) is 5.03. The molecule has 1 heterocycles. The van der Waals surface area contributed by atoms with E-state index < -0.39 is 31.6 Å². The van der Waals surface area contributed by atoms with Crippen molar-refractivity contribution in [2.24, 2.45) is 5.73 Å². The molecule has 168 valence electrons. The molecular formula is C21H33N2O6P. The summed E-state index contributed by atoms with van der Waals surface area (Å²) in [6.07, 6.45) is 3.30. The molecule has 0 saturated carbocycles. The Morgan fingerprint density at radius 2 is 1.93 bits per heavy atom. The summed E-state index contributed by atoms with van der Waals surface area (Å²) in [6, 6.07) is 8.97. The molecule has 1 fully saturated rings. The van der Waals surface area contributed by atoms with E-state index >= 15 is 0 Å². The van der Waals surface area contributed by atoms with E-state index in [1.165, 1.54) is 4.90 Å². The summed E-state index contributed by atoms with van der Waals surface area (Å²) in [5.41, 5.74) is 6.67. The van der Waals surface area contributed by atoms with E-state index in [0.29, 0.717) is 45.2 Å². The molecular weight excluding hydrogens is 407 g/mol. The zero-order chi connectivity index (χ0) is 22.0. The Kier molecular flexibility index (Phi) is 9.98. The van der Waals surface area contributed by atoms with Gasteiger partial charge in [-0.3, -0.25) is 13.9 Å². The molecule has 1 aliphatic rings. The Balaban J connectivity index is 1.93. The van der Waals surface area contributed by atoms with Crippen molar-refractivity contribution < 1.29 is 28.7 Å². The highest BCUT2D eigenvalue weighted by molar-refractivity contribution is 7.52. The van der Waals surface area contributed by atoms with Gasteiger partial charge in [-0.2, -0.15) is 0 Å². The van der Waals surface area contributed by atoms with Crippen LogP contribution in [0.25, 0.3) is 0 Å². The van der Waals surface area contributed by atoms with E-state index in [9.17, 15) is 24.2 Å². The second-order valence-corrected chi connectivity index (χ2v) is 9.64. The van der Waals surface area contributed by atoms with Crippen molar-refractivity contribution in [3.05, 3.63) is 35.9 Å². The maximum Gasteiger partial charge on any atom is 0.328 e. The third kappa shape index (κ3) is 7.84. The van der Waals surface area contributed by atoms with Crippen molar-refractivity contribution >= 4 is 19.5 Å². The number of nitrogens with two attached hydrogens (primary N) is 1. The predicted molar refractivity (Wildman–Crippen MR) is 114 cm³/mol. The lowest BCUT2D eigenvalue weighted by atomic mass is 10.1. The number of carboxylic acids is 1. The van der Waals surface area contributed by atoms with Gasteiger partial charge < -0.3 is 20.6 Å². The average Bonchev–Trinajstić information content (AvgIpc) is 3.21. The van der Waals surface area contributed by atoms with Crippen LogP contribution in [-0.4, -0.2) is 58.2 Å². The number of hydrogen-bond donors (Lipinski definition) is 3. The third-order valence-electron chi connectivity index (χ3n) is 5.31. The Hall–Kier alpha value is -1.73. The molecule has 0 aromatic heterocycles. The first-order valence-corrected chi connectivity index (χ1v) is 12.4. The van der Waals surface area contributed by atoms with Crippen molar-refractivity contribution in [2.75, 3.05) is 19.3 Å². The molecule has 0 spiro atoms. The number of benzene rings is 1. The quantitative estimate of drug-likeness (QED) is 0.318. The first-order valence-electron chi connectivity index (χ1n) is 10.6. The van der Waals surface area contributed by atoms with E-state index in [-0.39, 0.29) is 12.6 Å². The van der Waals surface area contributed by atoms with E-state index in [1.807, 2.05) is 30.3 Å². The molecule has 0 aliphatic carbocycles. The molecule has 30 heavy (non-hydrogen) atoms. The summed E-state index contributed by atoms with van der Waals surface area (Å²) in [4.78, 5) is 35.9. The van der Waals surface area contributed by atoms with Crippen LogP contribution in [0.5, 0.6) is 0 Å². The van der Waals surface area contributed by atoms with Gasteiger partial charge in [0, 0.05) is 6.54 Å². The number of unbranched alkanes of at least 4 members (excludes halogenated alkanes) is 2. The molecule has 4 N–H and O–H groups in total. The Morgan fingerprint density at radius 3 is 2.60 bits per heavy atom. The largest absolute Gasteiger partial charge is 0.480 e. The molecule has 1 amide bonds. The number of hydrogen-bond acceptors (Lipinski definition) is 5. The molecule has 0 radical (unpaired) electrons. The Morgan fingerprint density at radius 1 is 1.20 bits per heavy atom. The number of carboxylic acid groups (broad SMARTS) is 1. The number of carbonyl (C=O) groups excluding carboxylic acids is 1. The SMILES string of the molecule is NCCCC[C@H](OP(=O)(O)CCCCc1ccccc1)C(=O)N1CCC[C@H]1C(=O)O. The standard InChI is InChI=1S/C21H33N2O6P/c22-14-6-4-13-19(20(24)23-15-8-12-18(23)21(25)26)29-30(27,28)16-7-5-11-17-9-2-1-3-10-17/h1-3,9-10,18-19H,4-8,11-16,22H2,(H,25,26)(H,27,28)/t18-,19-/m0/s1. The van der Waals surface area contributed by atoms with Gasteiger partial charge in [-0.1, -0.05) is 30.3 Å². The van der Waals surface area contributed by atoms with E-state index in [4.69, 9.17) is 10.3 Å². The molecule has 1 aromatic rings. The molecule has 2 rings (SSSR count). The lowest BCUT2D eigenvalue weighted by molar-refractivity contribution is -0.151. The highest BCUT2D eigenvalue weighted by Crippen LogP contribution is 2.45.